The van der Waals surface area contributed by atoms with Gasteiger partial charge in [-0.2, -0.15) is 0 Å². The molecule has 0 bridgehead atoms. The van der Waals surface area contributed by atoms with Crippen LogP contribution in [0.4, 0.5) is 0 Å². The molecule has 134 valence electrons. The molecule has 0 aromatic heterocycles. The molecule has 1 aromatic rings. The molecule has 0 amide bonds. The first-order valence-corrected chi connectivity index (χ1v) is 10.4. The van der Waals surface area contributed by atoms with Crippen LogP contribution in [0, 0.1) is 11.8 Å². The first-order chi connectivity index (χ1) is 11.4. The minimum Gasteiger partial charge on any atom is -0.493 e. The van der Waals surface area contributed by atoms with E-state index in [0.29, 0.717) is 18.0 Å². The molecular weight excluding hydrogens is 324 g/mol. The zero-order valence-corrected chi connectivity index (χ0v) is 15.4. The fourth-order valence-electron chi connectivity index (χ4n) is 3.90. The Morgan fingerprint density at radius 3 is 2.75 bits per heavy atom. The van der Waals surface area contributed by atoms with Gasteiger partial charge in [-0.1, -0.05) is 13.8 Å². The molecule has 6 heteroatoms. The highest BCUT2D eigenvalue weighted by Crippen LogP contribution is 2.27. The van der Waals surface area contributed by atoms with Crippen molar-refractivity contribution in [2.24, 2.45) is 11.8 Å². The number of rotatable bonds is 6. The molecule has 0 saturated carbocycles. The third-order valence-electron chi connectivity index (χ3n) is 4.86. The summed E-state index contributed by atoms with van der Waals surface area (Å²) in [4.78, 5) is 2.80. The first-order valence-electron chi connectivity index (χ1n) is 8.92. The van der Waals surface area contributed by atoms with Crippen LogP contribution in [0.1, 0.15) is 32.3 Å². The van der Waals surface area contributed by atoms with E-state index in [1.54, 1.807) is 18.2 Å². The number of fused-ring (bicyclic) bond motifs is 1. The van der Waals surface area contributed by atoms with E-state index in [0.717, 1.165) is 55.6 Å². The van der Waals surface area contributed by atoms with Crippen molar-refractivity contribution in [1.82, 2.24) is 9.62 Å². The topological polar surface area (TPSA) is 58.6 Å². The molecule has 1 N–H and O–H groups in total. The van der Waals surface area contributed by atoms with Gasteiger partial charge in [0.1, 0.15) is 5.75 Å². The summed E-state index contributed by atoms with van der Waals surface area (Å²) in [5.41, 5.74) is 0.981. The molecular formula is C18H28N2O3S. The minimum absolute atomic E-state index is 0.340. The van der Waals surface area contributed by atoms with E-state index in [2.05, 4.69) is 23.5 Å². The SMILES string of the molecule is C[C@@H]1C[C@@H](C)CN(CCCNS(=O)(=O)c2ccc3c(c2)CCO3)C1. The third-order valence-corrected chi connectivity index (χ3v) is 6.32. The van der Waals surface area contributed by atoms with E-state index in [4.69, 9.17) is 4.74 Å². The van der Waals surface area contributed by atoms with Crippen molar-refractivity contribution in [3.63, 3.8) is 0 Å². The quantitative estimate of drug-likeness (QED) is 0.798. The van der Waals surface area contributed by atoms with Crippen LogP contribution in [-0.2, 0) is 16.4 Å². The van der Waals surface area contributed by atoms with Crippen LogP contribution >= 0.6 is 0 Å². The summed E-state index contributed by atoms with van der Waals surface area (Å²) in [6, 6.07) is 5.12. The van der Waals surface area contributed by atoms with Crippen molar-refractivity contribution < 1.29 is 13.2 Å². The largest absolute Gasteiger partial charge is 0.493 e. The minimum atomic E-state index is -3.43. The second kappa shape index (κ2) is 7.42. The zero-order chi connectivity index (χ0) is 17.2. The van der Waals surface area contributed by atoms with Crippen LogP contribution in [0.2, 0.25) is 0 Å². The van der Waals surface area contributed by atoms with E-state index < -0.39 is 10.0 Å². The summed E-state index contributed by atoms with van der Waals surface area (Å²) >= 11 is 0. The maximum Gasteiger partial charge on any atom is 0.240 e. The molecule has 0 spiro atoms. The number of nitrogens with one attached hydrogen (secondary N) is 1. The predicted octanol–water partition coefficient (Wildman–Crippen LogP) is 2.27. The highest BCUT2D eigenvalue weighted by molar-refractivity contribution is 7.89. The summed E-state index contributed by atoms with van der Waals surface area (Å²) in [6.45, 7) is 8.92. The maximum atomic E-state index is 12.4. The van der Waals surface area contributed by atoms with Gasteiger partial charge in [-0.05, 0) is 55.0 Å². The number of ether oxygens (including phenoxy) is 1. The Morgan fingerprint density at radius 1 is 1.25 bits per heavy atom. The highest BCUT2D eigenvalue weighted by Gasteiger charge is 2.22. The number of nitrogens with zero attached hydrogens (tertiary/aromatic N) is 1. The van der Waals surface area contributed by atoms with Gasteiger partial charge in [-0.3, -0.25) is 0 Å². The molecule has 24 heavy (non-hydrogen) atoms. The summed E-state index contributed by atoms with van der Waals surface area (Å²) in [6.07, 6.45) is 2.92. The van der Waals surface area contributed by atoms with E-state index in [-0.39, 0.29) is 0 Å². The Bertz CT molecular complexity index is 665. The Labute approximate surface area is 145 Å². The standard InChI is InChI=1S/C18H28N2O3S/c1-14-10-15(2)13-20(12-14)8-3-7-19-24(21,22)17-4-5-18-16(11-17)6-9-23-18/h4-5,11,14-15,19H,3,6-10,12-13H2,1-2H3/t14-,15-/m1/s1. The molecule has 0 radical (unpaired) electrons. The molecule has 1 fully saturated rings. The summed E-state index contributed by atoms with van der Waals surface area (Å²) in [7, 11) is -3.43. The first kappa shape index (κ1) is 17.7. The van der Waals surface area contributed by atoms with Crippen molar-refractivity contribution in [2.75, 3.05) is 32.8 Å². The summed E-state index contributed by atoms with van der Waals surface area (Å²) < 4.78 is 33.0. The Kier molecular flexibility index (Phi) is 5.47. The lowest BCUT2D eigenvalue weighted by atomic mass is 9.92. The molecule has 0 aliphatic carbocycles. The van der Waals surface area contributed by atoms with Crippen LogP contribution in [0.3, 0.4) is 0 Å². The van der Waals surface area contributed by atoms with Crippen LogP contribution in [0.15, 0.2) is 23.1 Å². The Hall–Kier alpha value is -1.11. The van der Waals surface area contributed by atoms with Gasteiger partial charge in [-0.15, -0.1) is 0 Å². The van der Waals surface area contributed by atoms with Crippen LogP contribution < -0.4 is 9.46 Å². The summed E-state index contributed by atoms with van der Waals surface area (Å²) in [5, 5.41) is 0. The maximum absolute atomic E-state index is 12.4. The van der Waals surface area contributed by atoms with E-state index >= 15 is 0 Å². The van der Waals surface area contributed by atoms with E-state index in [1.807, 2.05) is 0 Å². The Morgan fingerprint density at radius 2 is 2.00 bits per heavy atom. The van der Waals surface area contributed by atoms with Crippen molar-refractivity contribution in [1.29, 1.82) is 0 Å². The number of piperidine rings is 1. The molecule has 5 nitrogen and oxygen atoms in total. The number of likely N-dealkylation sites (tertiary alicyclic amines) is 1. The van der Waals surface area contributed by atoms with Gasteiger partial charge in [0.15, 0.2) is 0 Å². The number of hydrogen-bond acceptors (Lipinski definition) is 4. The zero-order valence-electron chi connectivity index (χ0n) is 14.6. The van der Waals surface area contributed by atoms with Gasteiger partial charge in [-0.25, -0.2) is 13.1 Å². The lowest BCUT2D eigenvalue weighted by molar-refractivity contribution is 0.140. The molecule has 2 aliphatic rings. The van der Waals surface area contributed by atoms with Crippen LogP contribution in [0.5, 0.6) is 5.75 Å². The van der Waals surface area contributed by atoms with Crippen molar-refractivity contribution in [3.05, 3.63) is 23.8 Å². The van der Waals surface area contributed by atoms with Crippen LogP contribution in [-0.4, -0.2) is 46.1 Å². The van der Waals surface area contributed by atoms with E-state index in [9.17, 15) is 8.42 Å². The average Bonchev–Trinajstić information content (AvgIpc) is 2.98. The summed E-state index contributed by atoms with van der Waals surface area (Å²) in [5.74, 6) is 2.28. The highest BCUT2D eigenvalue weighted by atomic mass is 32.2. The van der Waals surface area contributed by atoms with Crippen LogP contribution in [0.25, 0.3) is 0 Å². The van der Waals surface area contributed by atoms with Gasteiger partial charge >= 0.3 is 0 Å². The average molecular weight is 353 g/mol. The number of hydrogen-bond donors (Lipinski definition) is 1. The lowest BCUT2D eigenvalue weighted by Crippen LogP contribution is -2.40. The second-order valence-electron chi connectivity index (χ2n) is 7.32. The number of sulfonamides is 1. The van der Waals surface area contributed by atoms with Gasteiger partial charge < -0.3 is 9.64 Å². The molecule has 2 aliphatic heterocycles. The van der Waals surface area contributed by atoms with Crippen molar-refractivity contribution >= 4 is 10.0 Å². The van der Waals surface area contributed by atoms with Gasteiger partial charge in [0.2, 0.25) is 10.0 Å². The molecule has 0 unspecified atom stereocenters. The van der Waals surface area contributed by atoms with Crippen molar-refractivity contribution in [2.45, 2.75) is 38.0 Å². The molecule has 2 heterocycles. The van der Waals surface area contributed by atoms with Gasteiger partial charge in [0.25, 0.3) is 0 Å². The monoisotopic (exact) mass is 352 g/mol. The van der Waals surface area contributed by atoms with Gasteiger partial charge in [0, 0.05) is 26.1 Å². The fraction of sp³-hybridized carbons (Fsp3) is 0.667. The lowest BCUT2D eigenvalue weighted by Gasteiger charge is -2.34. The van der Waals surface area contributed by atoms with Gasteiger partial charge in [0.05, 0.1) is 11.5 Å². The third kappa shape index (κ3) is 4.29. The Balaban J connectivity index is 1.49. The molecule has 1 saturated heterocycles. The molecule has 2 atom stereocenters. The normalized spacial score (nSPS) is 24.6. The number of benzene rings is 1. The fourth-order valence-corrected chi connectivity index (χ4v) is 5.02. The van der Waals surface area contributed by atoms with Crippen molar-refractivity contribution in [3.8, 4) is 5.75 Å². The smallest absolute Gasteiger partial charge is 0.240 e. The molecule has 1 aromatic carbocycles. The van der Waals surface area contributed by atoms with E-state index in [1.165, 1.54) is 6.42 Å². The predicted molar refractivity (Wildman–Crippen MR) is 94.8 cm³/mol. The molecule has 3 rings (SSSR count). The second-order valence-corrected chi connectivity index (χ2v) is 9.09.